The van der Waals surface area contributed by atoms with Crippen LogP contribution in [0.3, 0.4) is 0 Å². The van der Waals surface area contributed by atoms with E-state index in [9.17, 15) is 4.79 Å². The lowest BCUT2D eigenvalue weighted by Crippen LogP contribution is -2.37. The molecule has 4 rings (SSSR count). The van der Waals surface area contributed by atoms with Crippen molar-refractivity contribution in [1.29, 1.82) is 0 Å². The molecule has 8 heteroatoms. The average Bonchev–Trinajstić information content (AvgIpc) is 3.43. The molecular weight excluding hydrogens is 412 g/mol. The highest BCUT2D eigenvalue weighted by Crippen LogP contribution is 2.32. The molecule has 2 aromatic carbocycles. The summed E-state index contributed by atoms with van der Waals surface area (Å²) in [7, 11) is 1.61. The molecule has 0 saturated carbocycles. The number of benzene rings is 2. The topological polar surface area (TPSA) is 69.5 Å². The molecule has 31 heavy (non-hydrogen) atoms. The zero-order valence-corrected chi connectivity index (χ0v) is 18.6. The van der Waals surface area contributed by atoms with Crippen LogP contribution in [0.1, 0.15) is 11.1 Å². The van der Waals surface area contributed by atoms with Gasteiger partial charge >= 0.3 is 0 Å². The lowest BCUT2D eigenvalue weighted by molar-refractivity contribution is -0.120. The molecule has 2 heterocycles. The van der Waals surface area contributed by atoms with E-state index >= 15 is 0 Å². The van der Waals surface area contributed by atoms with Gasteiger partial charge in [0.2, 0.25) is 0 Å². The molecule has 0 radical (unpaired) electrons. The number of carbonyl (C=O) groups excluding carboxylic acids is 1. The molecule has 0 aliphatic heterocycles. The third kappa shape index (κ3) is 4.86. The Morgan fingerprint density at radius 3 is 2.65 bits per heavy atom. The van der Waals surface area contributed by atoms with Gasteiger partial charge in [-0.3, -0.25) is 14.4 Å². The number of methoxy groups -OCH3 is 1. The van der Waals surface area contributed by atoms with Gasteiger partial charge in [0, 0.05) is 18.9 Å². The van der Waals surface area contributed by atoms with Crippen LogP contribution < -0.4 is 14.4 Å². The van der Waals surface area contributed by atoms with Crippen molar-refractivity contribution < 1.29 is 14.3 Å². The van der Waals surface area contributed by atoms with E-state index in [0.717, 1.165) is 21.5 Å². The third-order valence-corrected chi connectivity index (χ3v) is 5.91. The maximum absolute atomic E-state index is 13.1. The summed E-state index contributed by atoms with van der Waals surface area (Å²) >= 11 is 1.52. The Kier molecular flexibility index (Phi) is 6.18. The molecule has 2 aromatic heterocycles. The molecule has 0 atom stereocenters. The van der Waals surface area contributed by atoms with Gasteiger partial charge in [-0.15, -0.1) is 0 Å². The van der Waals surface area contributed by atoms with E-state index in [1.54, 1.807) is 47.2 Å². The maximum Gasteiger partial charge on any atom is 0.266 e. The number of carbonyl (C=O) groups is 1. The van der Waals surface area contributed by atoms with Crippen molar-refractivity contribution in [2.75, 3.05) is 25.2 Å². The van der Waals surface area contributed by atoms with Gasteiger partial charge in [0.05, 0.1) is 23.9 Å². The second-order valence-electron chi connectivity index (χ2n) is 7.20. The summed E-state index contributed by atoms with van der Waals surface area (Å²) in [5, 5.41) is 4.90. The van der Waals surface area contributed by atoms with Crippen molar-refractivity contribution in [2.45, 2.75) is 20.4 Å². The molecule has 0 spiro atoms. The van der Waals surface area contributed by atoms with Gasteiger partial charge in [0.25, 0.3) is 5.91 Å². The summed E-state index contributed by atoms with van der Waals surface area (Å²) in [4.78, 5) is 19.6. The number of aromatic nitrogens is 3. The third-order valence-electron chi connectivity index (χ3n) is 4.88. The Bertz CT molecular complexity index is 1170. The van der Waals surface area contributed by atoms with Crippen molar-refractivity contribution in [3.05, 3.63) is 66.0 Å². The number of thiazole rings is 1. The highest BCUT2D eigenvalue weighted by molar-refractivity contribution is 7.22. The van der Waals surface area contributed by atoms with Crippen LogP contribution >= 0.6 is 11.3 Å². The van der Waals surface area contributed by atoms with E-state index in [1.807, 2.05) is 19.2 Å². The van der Waals surface area contributed by atoms with Crippen LogP contribution in [0.25, 0.3) is 10.2 Å². The Balaban J connectivity index is 1.55. The first-order chi connectivity index (χ1) is 15.0. The monoisotopic (exact) mass is 436 g/mol. The average molecular weight is 437 g/mol. The van der Waals surface area contributed by atoms with Crippen LogP contribution in [0.5, 0.6) is 11.5 Å². The number of rotatable bonds is 8. The molecule has 7 nitrogen and oxygen atoms in total. The standard InChI is InChI=1S/C23H24N4O3S/c1-16-13-17(2)22-20(14-16)31-23(25-22)27(12-11-26-10-4-9-24-26)21(28)15-30-19-7-5-18(29-3)6-8-19/h4-10,13-14H,11-12,15H2,1-3H3. The number of ether oxygens (including phenoxy) is 2. The minimum Gasteiger partial charge on any atom is -0.497 e. The molecule has 0 aliphatic carbocycles. The molecule has 0 bridgehead atoms. The lowest BCUT2D eigenvalue weighted by Gasteiger charge is -2.20. The normalized spacial score (nSPS) is 10.9. The van der Waals surface area contributed by atoms with E-state index in [-0.39, 0.29) is 12.5 Å². The van der Waals surface area contributed by atoms with Crippen LogP contribution in [0.15, 0.2) is 54.9 Å². The van der Waals surface area contributed by atoms with E-state index in [4.69, 9.17) is 14.5 Å². The zero-order chi connectivity index (χ0) is 21.8. The van der Waals surface area contributed by atoms with Gasteiger partial charge in [-0.05, 0) is 61.4 Å². The number of fused-ring (bicyclic) bond motifs is 1. The minimum absolute atomic E-state index is 0.0840. The number of hydrogen-bond acceptors (Lipinski definition) is 6. The predicted octanol–water partition coefficient (Wildman–Crippen LogP) is 4.23. The summed E-state index contributed by atoms with van der Waals surface area (Å²) in [6.07, 6.45) is 3.60. The Labute approximate surface area is 184 Å². The first-order valence-corrected chi connectivity index (χ1v) is 10.8. The highest BCUT2D eigenvalue weighted by atomic mass is 32.1. The van der Waals surface area contributed by atoms with Gasteiger partial charge in [0.15, 0.2) is 11.7 Å². The fraction of sp³-hybridized carbons (Fsp3) is 0.261. The van der Waals surface area contributed by atoms with Crippen LogP contribution in [0, 0.1) is 13.8 Å². The molecule has 1 amide bonds. The Hall–Kier alpha value is -3.39. The number of amides is 1. The summed E-state index contributed by atoms with van der Waals surface area (Å²) in [5.74, 6) is 1.19. The zero-order valence-electron chi connectivity index (χ0n) is 17.7. The molecule has 0 aliphatic rings. The summed E-state index contributed by atoms with van der Waals surface area (Å²) < 4.78 is 13.8. The molecule has 0 fully saturated rings. The SMILES string of the molecule is COc1ccc(OCC(=O)N(CCn2cccn2)c2nc3c(C)cc(C)cc3s2)cc1. The predicted molar refractivity (Wildman–Crippen MR) is 122 cm³/mol. The van der Waals surface area contributed by atoms with Crippen molar-refractivity contribution in [3.63, 3.8) is 0 Å². The molecule has 4 aromatic rings. The van der Waals surface area contributed by atoms with E-state index < -0.39 is 0 Å². The minimum atomic E-state index is -0.156. The van der Waals surface area contributed by atoms with Crippen LogP contribution in [-0.2, 0) is 11.3 Å². The van der Waals surface area contributed by atoms with Crippen molar-refractivity contribution in [1.82, 2.24) is 14.8 Å². The second-order valence-corrected chi connectivity index (χ2v) is 8.21. The fourth-order valence-electron chi connectivity index (χ4n) is 3.33. The van der Waals surface area contributed by atoms with Gasteiger partial charge in [-0.25, -0.2) is 4.98 Å². The number of hydrogen-bond donors (Lipinski definition) is 0. The van der Waals surface area contributed by atoms with E-state index in [2.05, 4.69) is 24.2 Å². The van der Waals surface area contributed by atoms with Crippen molar-refractivity contribution in [3.8, 4) is 11.5 Å². The van der Waals surface area contributed by atoms with Crippen LogP contribution in [-0.4, -0.2) is 40.9 Å². The summed E-state index contributed by atoms with van der Waals surface area (Å²) in [5.41, 5.74) is 3.21. The Morgan fingerprint density at radius 2 is 1.94 bits per heavy atom. The quantitative estimate of drug-likeness (QED) is 0.413. The van der Waals surface area contributed by atoms with E-state index in [0.29, 0.717) is 24.0 Å². The molecule has 0 N–H and O–H groups in total. The van der Waals surface area contributed by atoms with Crippen molar-refractivity contribution >= 4 is 32.6 Å². The fourth-order valence-corrected chi connectivity index (χ4v) is 4.52. The molecule has 160 valence electrons. The van der Waals surface area contributed by atoms with Gasteiger partial charge < -0.3 is 9.47 Å². The first-order valence-electron chi connectivity index (χ1n) is 9.96. The number of anilines is 1. The van der Waals surface area contributed by atoms with Crippen LogP contribution in [0.4, 0.5) is 5.13 Å². The van der Waals surface area contributed by atoms with E-state index in [1.165, 1.54) is 16.9 Å². The largest absolute Gasteiger partial charge is 0.497 e. The van der Waals surface area contributed by atoms with Crippen molar-refractivity contribution in [2.24, 2.45) is 0 Å². The lowest BCUT2D eigenvalue weighted by atomic mass is 10.1. The summed E-state index contributed by atoms with van der Waals surface area (Å²) in [6, 6.07) is 13.2. The van der Waals surface area contributed by atoms with Crippen LogP contribution in [0.2, 0.25) is 0 Å². The maximum atomic E-state index is 13.1. The Morgan fingerprint density at radius 1 is 1.16 bits per heavy atom. The molecule has 0 saturated heterocycles. The number of nitrogens with zero attached hydrogens (tertiary/aromatic N) is 4. The van der Waals surface area contributed by atoms with Gasteiger partial charge in [-0.1, -0.05) is 17.4 Å². The number of aryl methyl sites for hydroxylation is 2. The van der Waals surface area contributed by atoms with Gasteiger partial charge in [-0.2, -0.15) is 5.10 Å². The highest BCUT2D eigenvalue weighted by Gasteiger charge is 2.21. The molecule has 0 unspecified atom stereocenters. The molecular formula is C23H24N4O3S. The van der Waals surface area contributed by atoms with Gasteiger partial charge in [0.1, 0.15) is 11.5 Å². The second kappa shape index (κ2) is 9.18. The smallest absolute Gasteiger partial charge is 0.266 e. The summed E-state index contributed by atoms with van der Waals surface area (Å²) in [6.45, 7) is 5.04. The first kappa shape index (κ1) is 20.9.